The van der Waals surface area contributed by atoms with Gasteiger partial charge in [0.15, 0.2) is 5.96 Å². The Hall–Kier alpha value is -3.35. The minimum atomic E-state index is -0.195. The predicted molar refractivity (Wildman–Crippen MR) is 114 cm³/mol. The fourth-order valence-electron chi connectivity index (χ4n) is 2.72. The van der Waals surface area contributed by atoms with Gasteiger partial charge in [-0.05, 0) is 62.2 Å². The highest BCUT2D eigenvalue weighted by Crippen LogP contribution is 2.17. The first-order valence-electron chi connectivity index (χ1n) is 9.64. The molecule has 1 heterocycles. The molecule has 3 aromatic rings. The molecule has 6 nitrogen and oxygen atoms in total. The summed E-state index contributed by atoms with van der Waals surface area (Å²) >= 11 is 0. The zero-order valence-corrected chi connectivity index (χ0v) is 16.7. The molecule has 0 aliphatic rings. The molecule has 29 heavy (non-hydrogen) atoms. The number of H-pyrrole nitrogens is 1. The van der Waals surface area contributed by atoms with Crippen molar-refractivity contribution in [2.75, 3.05) is 11.9 Å². The fourth-order valence-corrected chi connectivity index (χ4v) is 2.72. The second kappa shape index (κ2) is 10.3. The Bertz CT molecular complexity index is 907. The third-order valence-electron chi connectivity index (χ3n) is 4.10. The van der Waals surface area contributed by atoms with Crippen molar-refractivity contribution in [1.82, 2.24) is 15.5 Å². The van der Waals surface area contributed by atoms with Crippen molar-refractivity contribution in [1.29, 1.82) is 0 Å². The Morgan fingerprint density at radius 1 is 1.14 bits per heavy atom. The number of aliphatic imine (C=N–C) groups is 1. The number of guanidine groups is 1. The number of halogens is 1. The SMILES string of the molecule is CC(C)Oc1ccc(NC(=NCc2ccn[nH]2)NCCc2ccccc2F)cc1. The van der Waals surface area contributed by atoms with Gasteiger partial charge in [-0.2, -0.15) is 5.10 Å². The maximum atomic E-state index is 13.8. The molecule has 0 atom stereocenters. The van der Waals surface area contributed by atoms with Crippen LogP contribution >= 0.6 is 0 Å². The van der Waals surface area contributed by atoms with Gasteiger partial charge in [-0.15, -0.1) is 0 Å². The molecule has 152 valence electrons. The van der Waals surface area contributed by atoms with Gasteiger partial charge in [0.05, 0.1) is 18.3 Å². The smallest absolute Gasteiger partial charge is 0.196 e. The summed E-state index contributed by atoms with van der Waals surface area (Å²) in [5.41, 5.74) is 2.45. The van der Waals surface area contributed by atoms with Crippen molar-refractivity contribution < 1.29 is 9.13 Å². The summed E-state index contributed by atoms with van der Waals surface area (Å²) in [4.78, 5) is 4.58. The maximum Gasteiger partial charge on any atom is 0.196 e. The lowest BCUT2D eigenvalue weighted by molar-refractivity contribution is 0.242. The van der Waals surface area contributed by atoms with Gasteiger partial charge >= 0.3 is 0 Å². The van der Waals surface area contributed by atoms with Gasteiger partial charge in [0.25, 0.3) is 0 Å². The summed E-state index contributed by atoms with van der Waals surface area (Å²) < 4.78 is 19.5. The van der Waals surface area contributed by atoms with Crippen LogP contribution in [0.3, 0.4) is 0 Å². The van der Waals surface area contributed by atoms with Crippen LogP contribution in [0.2, 0.25) is 0 Å². The Balaban J connectivity index is 1.64. The van der Waals surface area contributed by atoms with Crippen molar-refractivity contribution in [2.24, 2.45) is 4.99 Å². The van der Waals surface area contributed by atoms with Crippen LogP contribution < -0.4 is 15.4 Å². The zero-order valence-electron chi connectivity index (χ0n) is 16.7. The molecule has 0 saturated heterocycles. The number of anilines is 1. The lowest BCUT2D eigenvalue weighted by atomic mass is 10.1. The van der Waals surface area contributed by atoms with Crippen molar-refractivity contribution >= 4 is 11.6 Å². The second-order valence-electron chi connectivity index (χ2n) is 6.83. The molecule has 0 saturated carbocycles. The topological polar surface area (TPSA) is 74.3 Å². The summed E-state index contributed by atoms with van der Waals surface area (Å²) in [7, 11) is 0. The Morgan fingerprint density at radius 2 is 1.93 bits per heavy atom. The van der Waals surface area contributed by atoms with Gasteiger partial charge in [-0.1, -0.05) is 18.2 Å². The monoisotopic (exact) mass is 395 g/mol. The molecule has 0 spiro atoms. The van der Waals surface area contributed by atoms with E-state index < -0.39 is 0 Å². The Kier molecular flexibility index (Phi) is 7.22. The van der Waals surface area contributed by atoms with Crippen molar-refractivity contribution in [3.8, 4) is 5.75 Å². The molecule has 1 aromatic heterocycles. The van der Waals surface area contributed by atoms with Gasteiger partial charge in [-0.25, -0.2) is 9.38 Å². The molecule has 0 fully saturated rings. The predicted octanol–water partition coefficient (Wildman–Crippen LogP) is 4.14. The standard InChI is InChI=1S/C22H26FN5O/c1-16(2)29-20-9-7-18(8-10-20)27-22(25-15-19-12-14-26-28-19)24-13-11-17-5-3-4-6-21(17)23/h3-10,12,14,16H,11,13,15H2,1-2H3,(H,26,28)(H2,24,25,27). The van der Waals surface area contributed by atoms with Gasteiger partial charge < -0.3 is 15.4 Å². The molecule has 3 rings (SSSR count). The molecular formula is C22H26FN5O. The molecular weight excluding hydrogens is 369 g/mol. The largest absolute Gasteiger partial charge is 0.491 e. The van der Waals surface area contributed by atoms with E-state index in [1.54, 1.807) is 18.3 Å². The number of rotatable bonds is 8. The van der Waals surface area contributed by atoms with Crippen LogP contribution in [0.15, 0.2) is 65.8 Å². The molecule has 0 radical (unpaired) electrons. The van der Waals surface area contributed by atoms with Crippen molar-refractivity contribution in [3.63, 3.8) is 0 Å². The number of benzene rings is 2. The Labute approximate surface area is 170 Å². The van der Waals surface area contributed by atoms with Crippen LogP contribution in [0.25, 0.3) is 0 Å². The maximum absolute atomic E-state index is 13.8. The van der Waals surface area contributed by atoms with E-state index in [1.807, 2.05) is 50.2 Å². The highest BCUT2D eigenvalue weighted by Gasteiger charge is 2.05. The molecule has 0 amide bonds. The van der Waals surface area contributed by atoms with E-state index in [1.165, 1.54) is 6.07 Å². The zero-order chi connectivity index (χ0) is 20.5. The van der Waals surface area contributed by atoms with Gasteiger partial charge in [0.2, 0.25) is 0 Å². The highest BCUT2D eigenvalue weighted by molar-refractivity contribution is 5.93. The van der Waals surface area contributed by atoms with Gasteiger partial charge in [-0.3, -0.25) is 5.10 Å². The summed E-state index contributed by atoms with van der Waals surface area (Å²) in [6, 6.07) is 16.4. The number of hydrogen-bond acceptors (Lipinski definition) is 3. The first-order valence-corrected chi connectivity index (χ1v) is 9.64. The van der Waals surface area contributed by atoms with Crippen LogP contribution in [-0.4, -0.2) is 28.8 Å². The first kappa shape index (κ1) is 20.4. The van der Waals surface area contributed by atoms with Crippen molar-refractivity contribution in [3.05, 3.63) is 77.9 Å². The number of nitrogens with zero attached hydrogens (tertiary/aromatic N) is 2. The summed E-state index contributed by atoms with van der Waals surface area (Å²) in [6.07, 6.45) is 2.37. The summed E-state index contributed by atoms with van der Waals surface area (Å²) in [5, 5.41) is 13.4. The van der Waals surface area contributed by atoms with E-state index in [-0.39, 0.29) is 11.9 Å². The molecule has 0 unspecified atom stereocenters. The summed E-state index contributed by atoms with van der Waals surface area (Å²) in [6.45, 7) is 4.98. The third kappa shape index (κ3) is 6.64. The van der Waals surface area contributed by atoms with Crippen LogP contribution in [0.4, 0.5) is 10.1 Å². The fraction of sp³-hybridized carbons (Fsp3) is 0.273. The van der Waals surface area contributed by atoms with E-state index in [0.717, 1.165) is 17.1 Å². The van der Waals surface area contributed by atoms with E-state index in [2.05, 4.69) is 25.8 Å². The van der Waals surface area contributed by atoms with Gasteiger partial charge in [0.1, 0.15) is 11.6 Å². The van der Waals surface area contributed by atoms with Gasteiger partial charge in [0, 0.05) is 18.4 Å². The number of hydrogen-bond donors (Lipinski definition) is 3. The minimum Gasteiger partial charge on any atom is -0.491 e. The normalized spacial score (nSPS) is 11.5. The summed E-state index contributed by atoms with van der Waals surface area (Å²) in [5.74, 6) is 1.22. The second-order valence-corrected chi connectivity index (χ2v) is 6.83. The van der Waals surface area contributed by atoms with Crippen LogP contribution in [-0.2, 0) is 13.0 Å². The Morgan fingerprint density at radius 3 is 2.62 bits per heavy atom. The number of nitrogens with one attached hydrogen (secondary N) is 3. The van der Waals surface area contributed by atoms with E-state index in [0.29, 0.717) is 31.0 Å². The van der Waals surface area contributed by atoms with E-state index in [4.69, 9.17) is 4.74 Å². The molecule has 0 aliphatic carbocycles. The van der Waals surface area contributed by atoms with E-state index >= 15 is 0 Å². The molecule has 7 heteroatoms. The molecule has 3 N–H and O–H groups in total. The minimum absolute atomic E-state index is 0.125. The molecule has 0 bridgehead atoms. The van der Waals surface area contributed by atoms with Crippen LogP contribution in [0.5, 0.6) is 5.75 Å². The highest BCUT2D eigenvalue weighted by atomic mass is 19.1. The van der Waals surface area contributed by atoms with Crippen LogP contribution in [0, 0.1) is 5.82 Å². The number of ether oxygens (including phenoxy) is 1. The quantitative estimate of drug-likeness (QED) is 0.396. The lowest BCUT2D eigenvalue weighted by Gasteiger charge is -2.14. The number of aromatic amines is 1. The first-order chi connectivity index (χ1) is 14.1. The van der Waals surface area contributed by atoms with E-state index in [9.17, 15) is 4.39 Å². The third-order valence-corrected chi connectivity index (χ3v) is 4.10. The average molecular weight is 395 g/mol. The van der Waals surface area contributed by atoms with Crippen molar-refractivity contribution in [2.45, 2.75) is 32.9 Å². The number of aromatic nitrogens is 2. The molecule has 2 aromatic carbocycles. The average Bonchev–Trinajstić information content (AvgIpc) is 3.22. The van der Waals surface area contributed by atoms with Crippen LogP contribution in [0.1, 0.15) is 25.1 Å². The lowest BCUT2D eigenvalue weighted by Crippen LogP contribution is -2.32. The molecule has 0 aliphatic heterocycles.